The van der Waals surface area contributed by atoms with Gasteiger partial charge >= 0.3 is 0 Å². The number of methoxy groups -OCH3 is 1. The summed E-state index contributed by atoms with van der Waals surface area (Å²) in [7, 11) is 1.61. The van der Waals surface area contributed by atoms with E-state index in [1.807, 2.05) is 26.8 Å². The lowest BCUT2D eigenvalue weighted by atomic mass is 10.3. The highest BCUT2D eigenvalue weighted by atomic mass is 16.5. The van der Waals surface area contributed by atoms with Gasteiger partial charge in [-0.1, -0.05) is 6.92 Å². The molecular formula is C11H19N3O2. The Kier molecular flexibility index (Phi) is 4.49. The Balaban J connectivity index is 2.97. The van der Waals surface area contributed by atoms with E-state index in [4.69, 9.17) is 4.74 Å². The maximum atomic E-state index is 11.7. The van der Waals surface area contributed by atoms with Crippen LogP contribution in [0.3, 0.4) is 0 Å². The third kappa shape index (κ3) is 3.06. The van der Waals surface area contributed by atoms with Gasteiger partial charge in [0.2, 0.25) is 5.91 Å². The number of ether oxygens (including phenoxy) is 1. The van der Waals surface area contributed by atoms with Crippen molar-refractivity contribution >= 4 is 11.7 Å². The van der Waals surface area contributed by atoms with Crippen LogP contribution in [-0.4, -0.2) is 28.8 Å². The van der Waals surface area contributed by atoms with Crippen molar-refractivity contribution in [3.63, 3.8) is 0 Å². The Hall–Kier alpha value is -1.36. The highest BCUT2D eigenvalue weighted by molar-refractivity contribution is 5.81. The Labute approximate surface area is 95.8 Å². The molecule has 0 unspecified atom stereocenters. The van der Waals surface area contributed by atoms with Crippen LogP contribution in [0.2, 0.25) is 0 Å². The van der Waals surface area contributed by atoms with Gasteiger partial charge in [-0.15, -0.1) is 0 Å². The summed E-state index contributed by atoms with van der Waals surface area (Å²) < 4.78 is 6.41. The molecule has 0 spiro atoms. The number of carbonyl (C=O) groups excluding carboxylic acids is 1. The summed E-state index contributed by atoms with van der Waals surface area (Å²) in [5.74, 6) is 0.708. The highest BCUT2D eigenvalue weighted by Crippen LogP contribution is 2.13. The van der Waals surface area contributed by atoms with E-state index in [-0.39, 0.29) is 11.9 Å². The molecule has 1 heterocycles. The average Bonchev–Trinajstić information content (AvgIpc) is 2.59. The number of hydrogen-bond donors (Lipinski definition) is 1. The van der Waals surface area contributed by atoms with Crippen molar-refractivity contribution in [3.8, 4) is 0 Å². The largest absolute Gasteiger partial charge is 0.378 e. The normalized spacial score (nSPS) is 10.8. The number of hydrogen-bond acceptors (Lipinski definition) is 4. The Morgan fingerprint density at radius 1 is 1.62 bits per heavy atom. The first-order chi connectivity index (χ1) is 7.58. The Bertz CT molecular complexity index is 358. The van der Waals surface area contributed by atoms with E-state index in [1.54, 1.807) is 7.11 Å². The second-order valence-corrected chi connectivity index (χ2v) is 3.91. The molecule has 5 nitrogen and oxygen atoms in total. The predicted octanol–water partition coefficient (Wildman–Crippen LogP) is 1.90. The van der Waals surface area contributed by atoms with Gasteiger partial charge < -0.3 is 10.1 Å². The van der Waals surface area contributed by atoms with Crippen LogP contribution in [0.5, 0.6) is 0 Å². The molecule has 0 aromatic carbocycles. The molecule has 1 aromatic rings. The standard InChI is InChI=1S/C11H19N3O2/c1-5-11(15)14-10(12-8(2)3)6-9(13-14)7-16-4/h6,8,12H,5,7H2,1-4H3. The molecule has 0 radical (unpaired) electrons. The first-order valence-corrected chi connectivity index (χ1v) is 5.46. The molecule has 90 valence electrons. The van der Waals surface area contributed by atoms with Gasteiger partial charge in [0, 0.05) is 25.6 Å². The quantitative estimate of drug-likeness (QED) is 0.831. The topological polar surface area (TPSA) is 56.2 Å². The maximum Gasteiger partial charge on any atom is 0.248 e. The molecule has 1 N–H and O–H groups in total. The summed E-state index contributed by atoms with van der Waals surface area (Å²) in [4.78, 5) is 11.7. The average molecular weight is 225 g/mol. The van der Waals surface area contributed by atoms with Crippen LogP contribution in [0.1, 0.15) is 37.7 Å². The first-order valence-electron chi connectivity index (χ1n) is 5.46. The summed E-state index contributed by atoms with van der Waals surface area (Å²) in [5.41, 5.74) is 0.757. The molecule has 5 heteroatoms. The van der Waals surface area contributed by atoms with E-state index in [9.17, 15) is 4.79 Å². The zero-order valence-electron chi connectivity index (χ0n) is 10.3. The number of carbonyl (C=O) groups is 1. The van der Waals surface area contributed by atoms with Crippen LogP contribution in [0.25, 0.3) is 0 Å². The summed E-state index contributed by atoms with van der Waals surface area (Å²) in [6.07, 6.45) is 0.431. The fourth-order valence-electron chi connectivity index (χ4n) is 1.39. The van der Waals surface area contributed by atoms with Gasteiger partial charge in [-0.25, -0.2) is 0 Å². The van der Waals surface area contributed by atoms with E-state index in [0.29, 0.717) is 13.0 Å². The van der Waals surface area contributed by atoms with Gasteiger partial charge in [-0.05, 0) is 13.8 Å². The molecule has 0 bridgehead atoms. The molecular weight excluding hydrogens is 206 g/mol. The molecule has 1 rings (SSSR count). The molecule has 16 heavy (non-hydrogen) atoms. The van der Waals surface area contributed by atoms with Crippen molar-refractivity contribution in [1.82, 2.24) is 9.78 Å². The predicted molar refractivity (Wildman–Crippen MR) is 62.6 cm³/mol. The third-order valence-electron chi connectivity index (χ3n) is 2.03. The van der Waals surface area contributed by atoms with Gasteiger partial charge in [0.25, 0.3) is 0 Å². The maximum absolute atomic E-state index is 11.7. The van der Waals surface area contributed by atoms with Crippen LogP contribution in [0.4, 0.5) is 5.82 Å². The van der Waals surface area contributed by atoms with Crippen molar-refractivity contribution in [2.45, 2.75) is 39.8 Å². The minimum absolute atomic E-state index is 0.0227. The summed E-state index contributed by atoms with van der Waals surface area (Å²) in [6, 6.07) is 2.10. The van der Waals surface area contributed by atoms with Crippen molar-refractivity contribution in [1.29, 1.82) is 0 Å². The van der Waals surface area contributed by atoms with E-state index >= 15 is 0 Å². The van der Waals surface area contributed by atoms with Crippen LogP contribution in [0.15, 0.2) is 6.07 Å². The van der Waals surface area contributed by atoms with Crippen LogP contribution in [0, 0.1) is 0 Å². The lowest BCUT2D eigenvalue weighted by Crippen LogP contribution is -2.18. The summed E-state index contributed by atoms with van der Waals surface area (Å²) in [5, 5.41) is 7.39. The molecule has 1 aromatic heterocycles. The van der Waals surface area contributed by atoms with E-state index in [2.05, 4.69) is 10.4 Å². The van der Waals surface area contributed by atoms with Crippen molar-refractivity contribution in [3.05, 3.63) is 11.8 Å². The number of anilines is 1. The zero-order chi connectivity index (χ0) is 12.1. The van der Waals surface area contributed by atoms with E-state index in [1.165, 1.54) is 4.68 Å². The first kappa shape index (κ1) is 12.7. The molecule has 0 aliphatic carbocycles. The van der Waals surface area contributed by atoms with Gasteiger partial charge in [0.15, 0.2) is 0 Å². The molecule has 0 saturated heterocycles. The van der Waals surface area contributed by atoms with Crippen molar-refractivity contribution in [2.24, 2.45) is 0 Å². The highest BCUT2D eigenvalue weighted by Gasteiger charge is 2.13. The van der Waals surface area contributed by atoms with E-state index < -0.39 is 0 Å². The van der Waals surface area contributed by atoms with Crippen LogP contribution >= 0.6 is 0 Å². The zero-order valence-corrected chi connectivity index (χ0v) is 10.3. The minimum Gasteiger partial charge on any atom is -0.378 e. The van der Waals surface area contributed by atoms with Crippen LogP contribution < -0.4 is 5.32 Å². The fraction of sp³-hybridized carbons (Fsp3) is 0.636. The van der Waals surface area contributed by atoms with Gasteiger partial charge in [-0.2, -0.15) is 9.78 Å². The molecule has 0 aliphatic rings. The summed E-state index contributed by atoms with van der Waals surface area (Å²) in [6.45, 7) is 6.27. The Morgan fingerprint density at radius 3 is 2.81 bits per heavy atom. The van der Waals surface area contributed by atoms with Gasteiger partial charge in [0.1, 0.15) is 5.82 Å². The minimum atomic E-state index is -0.0227. The summed E-state index contributed by atoms with van der Waals surface area (Å²) >= 11 is 0. The van der Waals surface area contributed by atoms with Crippen molar-refractivity contribution < 1.29 is 9.53 Å². The van der Waals surface area contributed by atoms with Crippen molar-refractivity contribution in [2.75, 3.05) is 12.4 Å². The number of nitrogens with one attached hydrogen (secondary N) is 1. The second kappa shape index (κ2) is 5.65. The third-order valence-corrected chi connectivity index (χ3v) is 2.03. The molecule has 0 fully saturated rings. The molecule has 0 saturated carbocycles. The second-order valence-electron chi connectivity index (χ2n) is 3.91. The fourth-order valence-corrected chi connectivity index (χ4v) is 1.39. The Morgan fingerprint density at radius 2 is 2.31 bits per heavy atom. The van der Waals surface area contributed by atoms with E-state index in [0.717, 1.165) is 11.5 Å². The lowest BCUT2D eigenvalue weighted by Gasteiger charge is -2.10. The molecule has 0 amide bonds. The smallest absolute Gasteiger partial charge is 0.248 e. The molecule has 0 aliphatic heterocycles. The molecule has 0 atom stereocenters. The SMILES string of the molecule is CCC(=O)n1nc(COC)cc1NC(C)C. The lowest BCUT2D eigenvalue weighted by molar-refractivity contribution is 0.0893. The number of aromatic nitrogens is 2. The number of rotatable bonds is 5. The van der Waals surface area contributed by atoms with Gasteiger partial charge in [0.05, 0.1) is 12.3 Å². The number of nitrogens with zero attached hydrogens (tertiary/aromatic N) is 2. The van der Waals surface area contributed by atoms with Crippen LogP contribution in [-0.2, 0) is 11.3 Å². The van der Waals surface area contributed by atoms with Gasteiger partial charge in [-0.3, -0.25) is 4.79 Å². The monoisotopic (exact) mass is 225 g/mol.